The molecule has 0 aromatic heterocycles. The molecule has 80 valence electrons. The molecule has 14 heavy (non-hydrogen) atoms. The maximum atomic E-state index is 10.1. The SMILES string of the molecule is CC1(C)[C@H](O)CC[C@@]2(C)CC=CC[C@H]12. The van der Waals surface area contributed by atoms with Gasteiger partial charge in [-0.1, -0.05) is 32.9 Å². The topological polar surface area (TPSA) is 20.2 Å². The van der Waals surface area contributed by atoms with Crippen LogP contribution >= 0.6 is 0 Å². The largest absolute Gasteiger partial charge is 0.393 e. The minimum atomic E-state index is -0.105. The summed E-state index contributed by atoms with van der Waals surface area (Å²) in [5, 5.41) is 10.1. The van der Waals surface area contributed by atoms with Gasteiger partial charge in [0.1, 0.15) is 0 Å². The van der Waals surface area contributed by atoms with Crippen LogP contribution in [0, 0.1) is 16.7 Å². The fourth-order valence-electron chi connectivity index (χ4n) is 3.56. The minimum absolute atomic E-state index is 0.0950. The molecule has 1 fully saturated rings. The van der Waals surface area contributed by atoms with Crippen LogP contribution < -0.4 is 0 Å². The van der Waals surface area contributed by atoms with Crippen molar-refractivity contribution in [3.8, 4) is 0 Å². The molecule has 3 atom stereocenters. The van der Waals surface area contributed by atoms with Crippen molar-refractivity contribution in [3.05, 3.63) is 12.2 Å². The lowest BCUT2D eigenvalue weighted by molar-refractivity contribution is -0.0951. The number of allylic oxidation sites excluding steroid dienone is 2. The molecule has 0 bridgehead atoms. The predicted molar refractivity (Wildman–Crippen MR) is 59.0 cm³/mol. The lowest BCUT2D eigenvalue weighted by Gasteiger charge is -2.54. The third-order valence-corrected chi connectivity index (χ3v) is 4.71. The van der Waals surface area contributed by atoms with Gasteiger partial charge in [0.25, 0.3) is 0 Å². The van der Waals surface area contributed by atoms with Gasteiger partial charge in [0.2, 0.25) is 0 Å². The van der Waals surface area contributed by atoms with E-state index < -0.39 is 0 Å². The summed E-state index contributed by atoms with van der Waals surface area (Å²) in [6.45, 7) is 6.87. The van der Waals surface area contributed by atoms with Gasteiger partial charge in [-0.15, -0.1) is 0 Å². The van der Waals surface area contributed by atoms with E-state index in [2.05, 4.69) is 32.9 Å². The highest BCUT2D eigenvalue weighted by Gasteiger charge is 2.50. The standard InChI is InChI=1S/C13H22O/c1-12(2)10-6-4-5-8-13(10,3)9-7-11(12)14/h4-5,10-11,14H,6-9H2,1-3H3/t10-,11-,13-/m1/s1. The molecule has 1 N–H and O–H groups in total. The lowest BCUT2D eigenvalue weighted by Crippen LogP contribution is -2.50. The second-order valence-corrected chi connectivity index (χ2v) is 5.99. The van der Waals surface area contributed by atoms with Crippen molar-refractivity contribution in [1.82, 2.24) is 0 Å². The number of hydrogen-bond donors (Lipinski definition) is 1. The van der Waals surface area contributed by atoms with E-state index in [0.29, 0.717) is 11.3 Å². The van der Waals surface area contributed by atoms with E-state index in [4.69, 9.17) is 0 Å². The van der Waals surface area contributed by atoms with Crippen LogP contribution in [0.15, 0.2) is 12.2 Å². The minimum Gasteiger partial charge on any atom is -0.393 e. The molecule has 0 spiro atoms. The predicted octanol–water partition coefficient (Wildman–Crippen LogP) is 3.14. The molecule has 0 aromatic rings. The van der Waals surface area contributed by atoms with Gasteiger partial charge in [-0.05, 0) is 42.4 Å². The molecule has 0 saturated heterocycles. The number of rotatable bonds is 0. The Balaban J connectivity index is 2.31. The van der Waals surface area contributed by atoms with Crippen molar-refractivity contribution in [2.75, 3.05) is 0 Å². The van der Waals surface area contributed by atoms with Crippen molar-refractivity contribution >= 4 is 0 Å². The Bertz CT molecular complexity index is 254. The normalized spacial score (nSPS) is 46.0. The first-order chi connectivity index (χ1) is 6.47. The molecule has 0 radical (unpaired) electrons. The zero-order valence-electron chi connectivity index (χ0n) is 9.59. The van der Waals surface area contributed by atoms with Crippen molar-refractivity contribution in [1.29, 1.82) is 0 Å². The second kappa shape index (κ2) is 3.10. The van der Waals surface area contributed by atoms with Crippen LogP contribution in [-0.4, -0.2) is 11.2 Å². The number of aliphatic hydroxyl groups excluding tert-OH is 1. The van der Waals surface area contributed by atoms with Crippen molar-refractivity contribution < 1.29 is 5.11 Å². The van der Waals surface area contributed by atoms with Crippen LogP contribution in [-0.2, 0) is 0 Å². The molecule has 0 heterocycles. The quantitative estimate of drug-likeness (QED) is 0.587. The highest BCUT2D eigenvalue weighted by atomic mass is 16.3. The first kappa shape index (κ1) is 10.2. The summed E-state index contributed by atoms with van der Waals surface area (Å²) < 4.78 is 0. The van der Waals surface area contributed by atoms with Gasteiger partial charge in [-0.2, -0.15) is 0 Å². The van der Waals surface area contributed by atoms with E-state index in [1.54, 1.807) is 0 Å². The van der Waals surface area contributed by atoms with E-state index in [0.717, 1.165) is 12.8 Å². The Kier molecular flexibility index (Phi) is 2.26. The molecule has 0 unspecified atom stereocenters. The van der Waals surface area contributed by atoms with Gasteiger partial charge >= 0.3 is 0 Å². The van der Waals surface area contributed by atoms with Crippen molar-refractivity contribution in [3.63, 3.8) is 0 Å². The van der Waals surface area contributed by atoms with E-state index in [1.165, 1.54) is 12.8 Å². The van der Waals surface area contributed by atoms with Crippen LogP contribution in [0.3, 0.4) is 0 Å². The highest BCUT2D eigenvalue weighted by molar-refractivity contribution is 5.08. The molecule has 2 rings (SSSR count). The Morgan fingerprint density at radius 1 is 1.21 bits per heavy atom. The molecule has 1 saturated carbocycles. The average molecular weight is 194 g/mol. The summed E-state index contributed by atoms with van der Waals surface area (Å²) in [5.74, 6) is 0.656. The summed E-state index contributed by atoms with van der Waals surface area (Å²) in [7, 11) is 0. The Morgan fingerprint density at radius 2 is 1.93 bits per heavy atom. The molecular weight excluding hydrogens is 172 g/mol. The van der Waals surface area contributed by atoms with Gasteiger partial charge in [0.05, 0.1) is 6.10 Å². The van der Waals surface area contributed by atoms with Gasteiger partial charge in [-0.3, -0.25) is 0 Å². The summed E-state index contributed by atoms with van der Waals surface area (Å²) in [4.78, 5) is 0. The Morgan fingerprint density at radius 3 is 2.64 bits per heavy atom. The molecule has 0 amide bonds. The third-order valence-electron chi connectivity index (χ3n) is 4.71. The van der Waals surface area contributed by atoms with Crippen molar-refractivity contribution in [2.24, 2.45) is 16.7 Å². The van der Waals surface area contributed by atoms with Gasteiger partial charge in [0, 0.05) is 0 Å². The number of fused-ring (bicyclic) bond motifs is 1. The van der Waals surface area contributed by atoms with E-state index >= 15 is 0 Å². The molecule has 1 nitrogen and oxygen atoms in total. The molecule has 1 heteroatoms. The van der Waals surface area contributed by atoms with E-state index in [-0.39, 0.29) is 11.5 Å². The first-order valence-electron chi connectivity index (χ1n) is 5.80. The van der Waals surface area contributed by atoms with E-state index in [1.807, 2.05) is 0 Å². The Hall–Kier alpha value is -0.300. The highest BCUT2D eigenvalue weighted by Crippen LogP contribution is 2.55. The zero-order valence-corrected chi connectivity index (χ0v) is 9.59. The van der Waals surface area contributed by atoms with Crippen LogP contribution in [0.5, 0.6) is 0 Å². The van der Waals surface area contributed by atoms with Crippen LogP contribution in [0.2, 0.25) is 0 Å². The zero-order chi connectivity index (χ0) is 10.4. The van der Waals surface area contributed by atoms with Crippen LogP contribution in [0.1, 0.15) is 46.5 Å². The number of hydrogen-bond acceptors (Lipinski definition) is 1. The van der Waals surface area contributed by atoms with Crippen LogP contribution in [0.25, 0.3) is 0 Å². The van der Waals surface area contributed by atoms with Gasteiger partial charge in [0.15, 0.2) is 0 Å². The Labute approximate surface area is 87.2 Å². The smallest absolute Gasteiger partial charge is 0.0594 e. The maximum Gasteiger partial charge on any atom is 0.0594 e. The van der Waals surface area contributed by atoms with E-state index in [9.17, 15) is 5.11 Å². The maximum absolute atomic E-state index is 10.1. The summed E-state index contributed by atoms with van der Waals surface area (Å²) in [6.07, 6.45) is 9.04. The second-order valence-electron chi connectivity index (χ2n) is 5.99. The lowest BCUT2D eigenvalue weighted by atomic mass is 9.52. The molecule has 2 aliphatic rings. The van der Waals surface area contributed by atoms with Gasteiger partial charge < -0.3 is 5.11 Å². The first-order valence-corrected chi connectivity index (χ1v) is 5.80. The summed E-state index contributed by atoms with van der Waals surface area (Å²) >= 11 is 0. The van der Waals surface area contributed by atoms with Crippen molar-refractivity contribution in [2.45, 2.75) is 52.6 Å². The third kappa shape index (κ3) is 1.33. The monoisotopic (exact) mass is 194 g/mol. The molecular formula is C13H22O. The molecule has 2 aliphatic carbocycles. The molecule has 0 aliphatic heterocycles. The molecule has 0 aromatic carbocycles. The fraction of sp³-hybridized carbons (Fsp3) is 0.846. The fourth-order valence-corrected chi connectivity index (χ4v) is 3.56. The van der Waals surface area contributed by atoms with Gasteiger partial charge in [-0.25, -0.2) is 0 Å². The average Bonchev–Trinajstić information content (AvgIpc) is 2.13. The summed E-state index contributed by atoms with van der Waals surface area (Å²) in [5.41, 5.74) is 0.537. The summed E-state index contributed by atoms with van der Waals surface area (Å²) in [6, 6.07) is 0. The van der Waals surface area contributed by atoms with Crippen LogP contribution in [0.4, 0.5) is 0 Å². The number of aliphatic hydroxyl groups is 1.